The third-order valence-electron chi connectivity index (χ3n) is 2.71. The minimum Gasteiger partial charge on any atom is -0.481 e. The maximum Gasteiger partial charge on any atom is 0.303 e. The van der Waals surface area contributed by atoms with E-state index in [-0.39, 0.29) is 6.42 Å². The number of hydrogen-bond acceptors (Lipinski definition) is 2. The molecule has 2 rings (SSSR count). The topological polar surface area (TPSA) is 55.1 Å². The molecule has 0 atom stereocenters. The minimum absolute atomic E-state index is 0.116. The number of imidazole rings is 1. The van der Waals surface area contributed by atoms with Gasteiger partial charge in [0, 0.05) is 19.4 Å². The summed E-state index contributed by atoms with van der Waals surface area (Å²) in [6.45, 7) is 0.921. The normalized spacial score (nSPS) is 15.0. The van der Waals surface area contributed by atoms with E-state index in [4.69, 9.17) is 16.7 Å². The highest BCUT2D eigenvalue weighted by atomic mass is 35.5. The molecule has 0 unspecified atom stereocenters. The van der Waals surface area contributed by atoms with Gasteiger partial charge in [-0.15, -0.1) is 0 Å². The summed E-state index contributed by atoms with van der Waals surface area (Å²) in [5.74, 6) is 0.212. The molecule has 0 bridgehead atoms. The number of nitrogens with zero attached hydrogens (tertiary/aromatic N) is 2. The molecular weight excluding hydrogens is 216 g/mol. The Balaban J connectivity index is 2.21. The first-order valence-electron chi connectivity index (χ1n) is 5.14. The molecule has 2 heterocycles. The van der Waals surface area contributed by atoms with Crippen molar-refractivity contribution in [2.45, 2.75) is 38.6 Å². The quantitative estimate of drug-likeness (QED) is 0.860. The Morgan fingerprint density at radius 2 is 2.33 bits per heavy atom. The lowest BCUT2D eigenvalue weighted by Crippen LogP contribution is -2.13. The van der Waals surface area contributed by atoms with E-state index in [0.29, 0.717) is 11.6 Å². The fourth-order valence-electron chi connectivity index (χ4n) is 1.98. The van der Waals surface area contributed by atoms with E-state index in [9.17, 15) is 4.79 Å². The highest BCUT2D eigenvalue weighted by Crippen LogP contribution is 2.24. The first kappa shape index (κ1) is 10.5. The highest BCUT2D eigenvalue weighted by Gasteiger charge is 2.18. The summed E-state index contributed by atoms with van der Waals surface area (Å²) >= 11 is 5.99. The molecule has 0 amide bonds. The highest BCUT2D eigenvalue weighted by molar-refractivity contribution is 6.30. The number of carboxylic acids is 1. The van der Waals surface area contributed by atoms with Crippen LogP contribution in [0.1, 0.15) is 30.8 Å². The van der Waals surface area contributed by atoms with E-state index >= 15 is 0 Å². The number of aliphatic carboxylic acids is 1. The van der Waals surface area contributed by atoms with Gasteiger partial charge in [0.1, 0.15) is 5.82 Å². The number of aromatic nitrogens is 2. The Morgan fingerprint density at radius 3 is 3.07 bits per heavy atom. The maximum absolute atomic E-state index is 10.5. The summed E-state index contributed by atoms with van der Waals surface area (Å²) < 4.78 is 2.08. The van der Waals surface area contributed by atoms with Crippen LogP contribution in [0.5, 0.6) is 0 Å². The first-order chi connectivity index (χ1) is 7.18. The zero-order valence-electron chi connectivity index (χ0n) is 8.37. The maximum atomic E-state index is 10.5. The molecule has 0 saturated heterocycles. The van der Waals surface area contributed by atoms with Gasteiger partial charge >= 0.3 is 5.97 Å². The van der Waals surface area contributed by atoms with Crippen molar-refractivity contribution < 1.29 is 9.90 Å². The van der Waals surface area contributed by atoms with Crippen LogP contribution in [0.15, 0.2) is 0 Å². The van der Waals surface area contributed by atoms with Gasteiger partial charge < -0.3 is 9.67 Å². The SMILES string of the molecule is O=C(O)CCc1c(Cl)nc2n1CCCC2. The number of rotatable bonds is 3. The van der Waals surface area contributed by atoms with Crippen LogP contribution in [0, 0.1) is 0 Å². The van der Waals surface area contributed by atoms with Crippen molar-refractivity contribution in [3.05, 3.63) is 16.7 Å². The molecular formula is C10H13ClN2O2. The van der Waals surface area contributed by atoms with Crippen LogP contribution in [-0.4, -0.2) is 20.6 Å². The molecule has 1 aliphatic rings. The molecule has 1 aromatic rings. The molecule has 0 fully saturated rings. The van der Waals surface area contributed by atoms with E-state index in [1.807, 2.05) is 0 Å². The van der Waals surface area contributed by atoms with E-state index in [1.54, 1.807) is 0 Å². The number of carboxylic acid groups (broad SMARTS) is 1. The van der Waals surface area contributed by atoms with Crippen LogP contribution >= 0.6 is 11.6 Å². The van der Waals surface area contributed by atoms with E-state index in [0.717, 1.165) is 37.3 Å². The van der Waals surface area contributed by atoms with E-state index in [1.165, 1.54) is 0 Å². The molecule has 0 spiro atoms. The Kier molecular flexibility index (Phi) is 2.95. The number of fused-ring (bicyclic) bond motifs is 1. The Hall–Kier alpha value is -1.03. The van der Waals surface area contributed by atoms with Crippen molar-refractivity contribution in [3.63, 3.8) is 0 Å². The summed E-state index contributed by atoms with van der Waals surface area (Å²) in [5, 5.41) is 9.11. The average molecular weight is 229 g/mol. The summed E-state index contributed by atoms with van der Waals surface area (Å²) in [4.78, 5) is 14.8. The molecule has 0 aliphatic carbocycles. The van der Waals surface area contributed by atoms with Crippen molar-refractivity contribution >= 4 is 17.6 Å². The van der Waals surface area contributed by atoms with Crippen LogP contribution in [-0.2, 0) is 24.2 Å². The zero-order chi connectivity index (χ0) is 10.8. The minimum atomic E-state index is -0.794. The van der Waals surface area contributed by atoms with Gasteiger partial charge in [-0.25, -0.2) is 4.98 Å². The van der Waals surface area contributed by atoms with E-state index in [2.05, 4.69) is 9.55 Å². The van der Waals surface area contributed by atoms with Crippen LogP contribution in [0.25, 0.3) is 0 Å². The summed E-state index contributed by atoms with van der Waals surface area (Å²) in [7, 11) is 0. The van der Waals surface area contributed by atoms with Crippen molar-refractivity contribution in [3.8, 4) is 0 Å². The Labute approximate surface area is 92.9 Å². The molecule has 0 saturated carbocycles. The first-order valence-corrected chi connectivity index (χ1v) is 5.52. The van der Waals surface area contributed by atoms with Crippen molar-refractivity contribution in [2.75, 3.05) is 0 Å². The van der Waals surface area contributed by atoms with Gasteiger partial charge in [-0.1, -0.05) is 11.6 Å². The molecule has 1 aromatic heterocycles. The fourth-order valence-corrected chi connectivity index (χ4v) is 2.27. The van der Waals surface area contributed by atoms with Crippen LogP contribution in [0.3, 0.4) is 0 Å². The third-order valence-corrected chi connectivity index (χ3v) is 3.01. The van der Waals surface area contributed by atoms with Gasteiger partial charge in [0.15, 0.2) is 5.15 Å². The van der Waals surface area contributed by atoms with E-state index < -0.39 is 5.97 Å². The number of aryl methyl sites for hydroxylation is 1. The molecule has 1 aliphatic heterocycles. The molecule has 1 N–H and O–H groups in total. The third kappa shape index (κ3) is 2.15. The number of carbonyl (C=O) groups is 1. The standard InChI is InChI=1S/C10H13ClN2O2/c11-10-7(4-5-9(14)15)13-6-2-1-3-8(13)12-10/h1-6H2,(H,14,15). The predicted octanol–water partition coefficient (Wildman–Crippen LogP) is 1.89. The Morgan fingerprint density at radius 1 is 1.53 bits per heavy atom. The van der Waals surface area contributed by atoms with Crippen LogP contribution in [0.4, 0.5) is 0 Å². The predicted molar refractivity (Wildman–Crippen MR) is 56.1 cm³/mol. The monoisotopic (exact) mass is 228 g/mol. The zero-order valence-corrected chi connectivity index (χ0v) is 9.13. The van der Waals surface area contributed by atoms with Crippen molar-refractivity contribution in [2.24, 2.45) is 0 Å². The number of hydrogen-bond donors (Lipinski definition) is 1. The molecule has 82 valence electrons. The molecule has 15 heavy (non-hydrogen) atoms. The second kappa shape index (κ2) is 4.23. The number of halogens is 1. The second-order valence-electron chi connectivity index (χ2n) is 3.77. The summed E-state index contributed by atoms with van der Waals surface area (Å²) in [6.07, 6.45) is 3.81. The molecule has 4 nitrogen and oxygen atoms in total. The smallest absolute Gasteiger partial charge is 0.303 e. The molecule has 0 aromatic carbocycles. The van der Waals surface area contributed by atoms with Crippen molar-refractivity contribution in [1.29, 1.82) is 0 Å². The van der Waals surface area contributed by atoms with Crippen LogP contribution < -0.4 is 0 Å². The fraction of sp³-hybridized carbons (Fsp3) is 0.600. The summed E-state index contributed by atoms with van der Waals surface area (Å²) in [6, 6.07) is 0. The van der Waals surface area contributed by atoms with Crippen molar-refractivity contribution in [1.82, 2.24) is 9.55 Å². The largest absolute Gasteiger partial charge is 0.481 e. The lowest BCUT2D eigenvalue weighted by Gasteiger charge is -2.15. The lowest BCUT2D eigenvalue weighted by atomic mass is 10.1. The average Bonchev–Trinajstić information content (AvgIpc) is 2.50. The summed E-state index contributed by atoms with van der Waals surface area (Å²) in [5.41, 5.74) is 0.883. The van der Waals surface area contributed by atoms with Crippen LogP contribution in [0.2, 0.25) is 5.15 Å². The van der Waals surface area contributed by atoms with Gasteiger partial charge in [-0.05, 0) is 12.8 Å². The second-order valence-corrected chi connectivity index (χ2v) is 4.13. The van der Waals surface area contributed by atoms with Gasteiger partial charge in [0.05, 0.1) is 12.1 Å². The molecule has 0 radical (unpaired) electrons. The lowest BCUT2D eigenvalue weighted by molar-refractivity contribution is -0.136. The van der Waals surface area contributed by atoms with Gasteiger partial charge in [0.25, 0.3) is 0 Å². The molecule has 5 heteroatoms. The van der Waals surface area contributed by atoms with Gasteiger partial charge in [-0.3, -0.25) is 4.79 Å². The van der Waals surface area contributed by atoms with Gasteiger partial charge in [-0.2, -0.15) is 0 Å². The Bertz CT molecular complexity index is 387. The van der Waals surface area contributed by atoms with Gasteiger partial charge in [0.2, 0.25) is 0 Å².